The maximum atomic E-state index is 12.3. The maximum Gasteiger partial charge on any atom is 0.267 e. The van der Waals surface area contributed by atoms with Crippen LogP contribution < -0.4 is 10.0 Å². The van der Waals surface area contributed by atoms with Gasteiger partial charge in [-0.1, -0.05) is 11.3 Å². The number of nitrogens with one attached hydrogen (secondary N) is 2. The number of hydrogen-bond acceptors (Lipinski definition) is 6. The van der Waals surface area contributed by atoms with Crippen molar-refractivity contribution >= 4 is 48.2 Å². The van der Waals surface area contributed by atoms with Crippen LogP contribution in [0, 0.1) is 0 Å². The van der Waals surface area contributed by atoms with Gasteiger partial charge in [0.15, 0.2) is 5.13 Å². The van der Waals surface area contributed by atoms with Gasteiger partial charge in [0.05, 0.1) is 9.98 Å². The lowest BCUT2D eigenvalue weighted by Crippen LogP contribution is -2.16. The normalized spacial score (nSPS) is 11.3. The minimum Gasteiger partial charge on any atom is -0.369 e. The summed E-state index contributed by atoms with van der Waals surface area (Å²) in [6.07, 6.45) is 3.08. The number of nitrogens with zero attached hydrogens (tertiary/aromatic N) is 2. The fourth-order valence-electron chi connectivity index (χ4n) is 1.38. The summed E-state index contributed by atoms with van der Waals surface area (Å²) in [5.41, 5.74) is 0. The third kappa shape index (κ3) is 3.43. The Morgan fingerprint density at radius 1 is 1.42 bits per heavy atom. The van der Waals surface area contributed by atoms with Crippen LogP contribution in [0.5, 0.6) is 0 Å². The number of pyridine rings is 1. The lowest BCUT2D eigenvalue weighted by molar-refractivity contribution is 0.601. The van der Waals surface area contributed by atoms with Crippen molar-refractivity contribution in [3.63, 3.8) is 0 Å². The third-order valence-electron chi connectivity index (χ3n) is 2.10. The van der Waals surface area contributed by atoms with Crippen LogP contribution in [0.25, 0.3) is 0 Å². The molecule has 19 heavy (non-hydrogen) atoms. The molecule has 0 spiro atoms. The average Bonchev–Trinajstić information content (AvgIpc) is 2.75. The first-order valence-electron chi connectivity index (χ1n) is 5.36. The Morgan fingerprint density at radius 2 is 2.21 bits per heavy atom. The smallest absolute Gasteiger partial charge is 0.267 e. The Kier molecular flexibility index (Phi) is 4.38. The zero-order valence-electron chi connectivity index (χ0n) is 9.92. The van der Waals surface area contributed by atoms with Crippen molar-refractivity contribution in [1.29, 1.82) is 0 Å². The highest BCUT2D eigenvalue weighted by molar-refractivity contribution is 9.11. The molecule has 0 radical (unpaired) electrons. The summed E-state index contributed by atoms with van der Waals surface area (Å²) < 4.78 is 27.7. The molecule has 0 amide bonds. The van der Waals surface area contributed by atoms with Gasteiger partial charge in [-0.15, -0.1) is 0 Å². The van der Waals surface area contributed by atoms with Gasteiger partial charge < -0.3 is 5.32 Å². The van der Waals surface area contributed by atoms with Gasteiger partial charge in [0.2, 0.25) is 0 Å². The number of aromatic nitrogens is 2. The molecule has 2 aromatic rings. The van der Waals surface area contributed by atoms with Crippen LogP contribution in [0.4, 0.5) is 10.9 Å². The van der Waals surface area contributed by atoms with E-state index in [4.69, 9.17) is 0 Å². The first-order valence-corrected chi connectivity index (χ1v) is 8.45. The molecule has 0 aliphatic carbocycles. The summed E-state index contributed by atoms with van der Waals surface area (Å²) in [5, 5.41) is 3.22. The minimum atomic E-state index is -3.70. The van der Waals surface area contributed by atoms with Crippen LogP contribution in [0.3, 0.4) is 0 Å². The Hall–Kier alpha value is -1.19. The van der Waals surface area contributed by atoms with E-state index in [0.717, 1.165) is 3.79 Å². The van der Waals surface area contributed by atoms with Crippen LogP contribution in [0.2, 0.25) is 0 Å². The second-order valence-corrected chi connectivity index (χ2v) is 7.52. The quantitative estimate of drug-likeness (QED) is 0.853. The molecule has 0 aliphatic rings. The fraction of sp³-hybridized carbons (Fsp3) is 0.200. The van der Waals surface area contributed by atoms with Crippen molar-refractivity contribution in [2.24, 2.45) is 0 Å². The summed E-state index contributed by atoms with van der Waals surface area (Å²) >= 11 is 4.43. The Balaban J connectivity index is 2.34. The summed E-state index contributed by atoms with van der Waals surface area (Å²) in [7, 11) is -3.70. The zero-order valence-corrected chi connectivity index (χ0v) is 13.1. The van der Waals surface area contributed by atoms with Crippen LogP contribution in [0.15, 0.2) is 33.2 Å². The number of halogens is 1. The van der Waals surface area contributed by atoms with Crippen LogP contribution in [0.1, 0.15) is 6.92 Å². The molecule has 102 valence electrons. The molecule has 9 heteroatoms. The number of rotatable bonds is 5. The van der Waals surface area contributed by atoms with Gasteiger partial charge >= 0.3 is 0 Å². The molecule has 0 unspecified atom stereocenters. The highest BCUT2D eigenvalue weighted by atomic mass is 79.9. The molecule has 2 aromatic heterocycles. The van der Waals surface area contributed by atoms with E-state index in [1.165, 1.54) is 29.8 Å². The van der Waals surface area contributed by atoms with Gasteiger partial charge in [-0.05, 0) is 35.0 Å². The van der Waals surface area contributed by atoms with Gasteiger partial charge in [0.25, 0.3) is 10.0 Å². The van der Waals surface area contributed by atoms with Gasteiger partial charge in [-0.3, -0.25) is 4.72 Å². The molecule has 2 rings (SSSR count). The molecule has 0 fully saturated rings. The van der Waals surface area contributed by atoms with E-state index >= 15 is 0 Å². The van der Waals surface area contributed by atoms with Crippen molar-refractivity contribution < 1.29 is 8.42 Å². The third-order valence-corrected chi connectivity index (χ3v) is 4.99. The molecule has 0 aliphatic heterocycles. The Bertz CT molecular complexity index is 672. The number of anilines is 2. The molecule has 0 aromatic carbocycles. The molecule has 0 atom stereocenters. The van der Waals surface area contributed by atoms with E-state index < -0.39 is 10.0 Å². The first-order chi connectivity index (χ1) is 9.03. The largest absolute Gasteiger partial charge is 0.369 e. The predicted octanol–water partition coefficient (Wildman–Crippen LogP) is 2.53. The zero-order chi connectivity index (χ0) is 13.9. The summed E-state index contributed by atoms with van der Waals surface area (Å²) in [5.74, 6) is 0.327. The lowest BCUT2D eigenvalue weighted by Gasteiger charge is -2.10. The van der Waals surface area contributed by atoms with E-state index in [2.05, 4.69) is 35.9 Å². The van der Waals surface area contributed by atoms with Crippen LogP contribution in [-0.4, -0.2) is 24.9 Å². The number of thiazole rings is 1. The molecular formula is C10H11BrN4O2S2. The van der Waals surface area contributed by atoms with Crippen molar-refractivity contribution in [1.82, 2.24) is 9.97 Å². The molecule has 2 heterocycles. The van der Waals surface area contributed by atoms with Gasteiger partial charge in [0.1, 0.15) is 10.7 Å². The van der Waals surface area contributed by atoms with Crippen molar-refractivity contribution in [3.8, 4) is 0 Å². The molecular weight excluding hydrogens is 352 g/mol. The van der Waals surface area contributed by atoms with E-state index in [-0.39, 0.29) is 4.90 Å². The van der Waals surface area contributed by atoms with E-state index in [1.807, 2.05) is 6.92 Å². The Labute approximate surface area is 123 Å². The number of hydrogen-bond donors (Lipinski definition) is 2. The molecule has 0 saturated heterocycles. The van der Waals surface area contributed by atoms with Crippen LogP contribution in [-0.2, 0) is 10.0 Å². The highest BCUT2D eigenvalue weighted by Gasteiger charge is 2.20. The predicted molar refractivity (Wildman–Crippen MR) is 79.0 cm³/mol. The summed E-state index contributed by atoms with van der Waals surface area (Å²) in [4.78, 5) is 8.07. The first kappa shape index (κ1) is 14.2. The topological polar surface area (TPSA) is 84.0 Å². The molecule has 2 N–H and O–H groups in total. The van der Waals surface area contributed by atoms with Crippen molar-refractivity contribution in [2.75, 3.05) is 16.6 Å². The van der Waals surface area contributed by atoms with E-state index in [1.54, 1.807) is 6.07 Å². The van der Waals surface area contributed by atoms with Crippen molar-refractivity contribution in [3.05, 3.63) is 28.3 Å². The minimum absolute atomic E-state index is 0.100. The van der Waals surface area contributed by atoms with Crippen LogP contribution >= 0.6 is 27.3 Å². The molecule has 0 bridgehead atoms. The summed E-state index contributed by atoms with van der Waals surface area (Å²) in [6, 6.07) is 3.07. The van der Waals surface area contributed by atoms with Crippen molar-refractivity contribution in [2.45, 2.75) is 11.8 Å². The summed E-state index contributed by atoms with van der Waals surface area (Å²) in [6.45, 7) is 2.46. The second-order valence-electron chi connectivity index (χ2n) is 3.46. The second kappa shape index (κ2) is 5.85. The Morgan fingerprint density at radius 3 is 2.84 bits per heavy atom. The van der Waals surface area contributed by atoms with Gasteiger partial charge in [0, 0.05) is 12.7 Å². The lowest BCUT2D eigenvalue weighted by atomic mass is 10.4. The average molecular weight is 363 g/mol. The molecule has 6 nitrogen and oxygen atoms in total. The SMILES string of the molecule is CCNc1ncccc1S(=O)(=O)Nc1ncc(Br)s1. The maximum absolute atomic E-state index is 12.3. The van der Waals surface area contributed by atoms with Gasteiger partial charge in [-0.25, -0.2) is 18.4 Å². The van der Waals surface area contributed by atoms with Gasteiger partial charge in [-0.2, -0.15) is 0 Å². The molecule has 0 saturated carbocycles. The van der Waals surface area contributed by atoms with E-state index in [9.17, 15) is 8.42 Å². The van der Waals surface area contributed by atoms with E-state index in [0.29, 0.717) is 17.5 Å². The fourth-order valence-corrected chi connectivity index (χ4v) is 3.86. The highest BCUT2D eigenvalue weighted by Crippen LogP contribution is 2.27. The monoisotopic (exact) mass is 362 g/mol. The standard InChI is InChI=1S/C10H11BrN4O2S2/c1-2-12-9-7(4-3-5-13-9)19(16,17)15-10-14-6-8(11)18-10/h3-6H,2H2,1H3,(H,12,13)(H,14,15). The number of sulfonamides is 1.